The second-order valence-electron chi connectivity index (χ2n) is 3.94. The van der Waals surface area contributed by atoms with Gasteiger partial charge in [-0.2, -0.15) is 5.10 Å². The van der Waals surface area contributed by atoms with Crippen molar-refractivity contribution >= 4 is 21.7 Å². The van der Waals surface area contributed by atoms with E-state index in [1.54, 1.807) is 17.8 Å². The molecule has 0 fully saturated rings. The number of hydrogen-bond acceptors (Lipinski definition) is 4. The summed E-state index contributed by atoms with van der Waals surface area (Å²) >= 11 is 0. The molecule has 0 unspecified atom stereocenters. The molecule has 0 bridgehead atoms. The van der Waals surface area contributed by atoms with Gasteiger partial charge in [-0.1, -0.05) is 0 Å². The van der Waals surface area contributed by atoms with Crippen molar-refractivity contribution < 1.29 is 18.3 Å². The van der Waals surface area contributed by atoms with Gasteiger partial charge in [-0.05, 0) is 6.07 Å². The number of sulfonamides is 1. The fourth-order valence-corrected chi connectivity index (χ4v) is 2.57. The SMILES string of the molecule is Cn1ccc(S(=O)(=O)Nc2cnn(CC(=O)O)c2)c1. The molecule has 8 nitrogen and oxygen atoms in total. The maximum Gasteiger partial charge on any atom is 0.325 e. The third-order valence-corrected chi connectivity index (χ3v) is 3.66. The molecule has 0 aliphatic rings. The Kier molecular flexibility index (Phi) is 3.30. The van der Waals surface area contributed by atoms with Gasteiger partial charge in [-0.15, -0.1) is 0 Å². The van der Waals surface area contributed by atoms with Crippen LogP contribution in [0.5, 0.6) is 0 Å². The Bertz CT molecular complexity index is 701. The highest BCUT2D eigenvalue weighted by Gasteiger charge is 2.16. The topological polar surface area (TPSA) is 106 Å². The van der Waals surface area contributed by atoms with Crippen LogP contribution in [0, 0.1) is 0 Å². The first kappa shape index (κ1) is 13.1. The fraction of sp³-hybridized carbons (Fsp3) is 0.200. The average Bonchev–Trinajstić information content (AvgIpc) is 2.87. The summed E-state index contributed by atoms with van der Waals surface area (Å²) in [5.41, 5.74) is 0.213. The second-order valence-corrected chi connectivity index (χ2v) is 5.62. The summed E-state index contributed by atoms with van der Waals surface area (Å²) in [7, 11) is -1.97. The number of carboxylic acids is 1. The Labute approximate surface area is 109 Å². The van der Waals surface area contributed by atoms with Crippen molar-refractivity contribution in [3.05, 3.63) is 30.9 Å². The third kappa shape index (κ3) is 3.13. The summed E-state index contributed by atoms with van der Waals surface area (Å²) in [5, 5.41) is 12.3. The quantitative estimate of drug-likeness (QED) is 0.810. The molecule has 0 radical (unpaired) electrons. The van der Waals surface area contributed by atoms with Crippen molar-refractivity contribution in [3.8, 4) is 0 Å². The molecule has 0 saturated heterocycles. The van der Waals surface area contributed by atoms with E-state index in [0.29, 0.717) is 0 Å². The maximum absolute atomic E-state index is 12.0. The van der Waals surface area contributed by atoms with Gasteiger partial charge in [-0.3, -0.25) is 14.2 Å². The molecule has 102 valence electrons. The molecular formula is C10H12N4O4S. The minimum Gasteiger partial charge on any atom is -0.480 e. The Morgan fingerprint density at radius 3 is 2.79 bits per heavy atom. The van der Waals surface area contributed by atoms with Crippen LogP contribution in [-0.2, 0) is 28.4 Å². The molecule has 0 spiro atoms. The first-order chi connectivity index (χ1) is 8.87. The Balaban J connectivity index is 2.16. The van der Waals surface area contributed by atoms with Crippen LogP contribution in [0.3, 0.4) is 0 Å². The molecule has 2 N–H and O–H groups in total. The second kappa shape index (κ2) is 4.76. The van der Waals surface area contributed by atoms with E-state index in [2.05, 4.69) is 9.82 Å². The van der Waals surface area contributed by atoms with E-state index in [0.717, 1.165) is 4.68 Å². The number of aliphatic carboxylic acids is 1. The highest BCUT2D eigenvalue weighted by Crippen LogP contribution is 2.15. The highest BCUT2D eigenvalue weighted by molar-refractivity contribution is 7.92. The van der Waals surface area contributed by atoms with E-state index in [1.807, 2.05) is 0 Å². The molecule has 19 heavy (non-hydrogen) atoms. The first-order valence-electron chi connectivity index (χ1n) is 5.26. The number of anilines is 1. The van der Waals surface area contributed by atoms with Gasteiger partial charge in [-0.25, -0.2) is 8.42 Å². The van der Waals surface area contributed by atoms with Gasteiger partial charge in [0.1, 0.15) is 11.4 Å². The average molecular weight is 284 g/mol. The number of nitrogens with zero attached hydrogens (tertiary/aromatic N) is 3. The van der Waals surface area contributed by atoms with Gasteiger partial charge in [0.15, 0.2) is 0 Å². The Morgan fingerprint density at radius 1 is 1.47 bits per heavy atom. The van der Waals surface area contributed by atoms with E-state index in [1.165, 1.54) is 24.7 Å². The third-order valence-electron chi connectivity index (χ3n) is 2.30. The number of nitrogens with one attached hydrogen (secondary N) is 1. The van der Waals surface area contributed by atoms with Crippen LogP contribution >= 0.6 is 0 Å². The van der Waals surface area contributed by atoms with Crippen molar-refractivity contribution in [2.45, 2.75) is 11.4 Å². The van der Waals surface area contributed by atoms with Crippen molar-refractivity contribution in [3.63, 3.8) is 0 Å². The number of hydrogen-bond donors (Lipinski definition) is 2. The number of aryl methyl sites for hydroxylation is 1. The smallest absolute Gasteiger partial charge is 0.325 e. The van der Waals surface area contributed by atoms with Crippen molar-refractivity contribution in [1.29, 1.82) is 0 Å². The molecule has 0 atom stereocenters. The first-order valence-corrected chi connectivity index (χ1v) is 6.74. The molecule has 9 heteroatoms. The van der Waals surface area contributed by atoms with Crippen LogP contribution in [0.15, 0.2) is 35.7 Å². The molecule has 0 aromatic carbocycles. The molecule has 0 saturated carbocycles. The maximum atomic E-state index is 12.0. The minimum atomic E-state index is -3.68. The largest absolute Gasteiger partial charge is 0.480 e. The van der Waals surface area contributed by atoms with E-state index >= 15 is 0 Å². The van der Waals surface area contributed by atoms with Gasteiger partial charge in [0.05, 0.1) is 11.9 Å². The standard InChI is InChI=1S/C10H12N4O4S/c1-13-3-2-9(6-13)19(17,18)12-8-4-11-14(5-8)7-10(15)16/h2-6,12H,7H2,1H3,(H,15,16). The van der Waals surface area contributed by atoms with E-state index in [9.17, 15) is 13.2 Å². The van der Waals surface area contributed by atoms with E-state index in [-0.39, 0.29) is 17.1 Å². The van der Waals surface area contributed by atoms with Gasteiger partial charge >= 0.3 is 5.97 Å². The van der Waals surface area contributed by atoms with Gasteiger partial charge in [0.25, 0.3) is 10.0 Å². The molecular weight excluding hydrogens is 272 g/mol. The molecule has 0 aliphatic heterocycles. The molecule has 0 amide bonds. The summed E-state index contributed by atoms with van der Waals surface area (Å²) in [4.78, 5) is 10.6. The Hall–Kier alpha value is -2.29. The zero-order valence-corrected chi connectivity index (χ0v) is 10.8. The van der Waals surface area contributed by atoms with Crippen LogP contribution in [0.4, 0.5) is 5.69 Å². The number of rotatable bonds is 5. The lowest BCUT2D eigenvalue weighted by atomic mass is 10.6. The molecule has 0 aliphatic carbocycles. The molecule has 2 rings (SSSR count). The highest BCUT2D eigenvalue weighted by atomic mass is 32.2. The van der Waals surface area contributed by atoms with Crippen molar-refractivity contribution in [2.24, 2.45) is 7.05 Å². The van der Waals surface area contributed by atoms with Crippen LogP contribution in [0.2, 0.25) is 0 Å². The van der Waals surface area contributed by atoms with Crippen LogP contribution < -0.4 is 4.72 Å². The van der Waals surface area contributed by atoms with Crippen molar-refractivity contribution in [1.82, 2.24) is 14.3 Å². The normalized spacial score (nSPS) is 11.4. The van der Waals surface area contributed by atoms with E-state index in [4.69, 9.17) is 5.11 Å². The summed E-state index contributed by atoms with van der Waals surface area (Å²) < 4.78 is 29.0. The Morgan fingerprint density at radius 2 is 2.21 bits per heavy atom. The summed E-state index contributed by atoms with van der Waals surface area (Å²) in [6.45, 7) is -0.326. The number of carbonyl (C=O) groups is 1. The van der Waals surface area contributed by atoms with Crippen LogP contribution in [0.25, 0.3) is 0 Å². The minimum absolute atomic E-state index is 0.126. The molecule has 2 aromatic heterocycles. The predicted octanol–water partition coefficient (Wildman–Crippen LogP) is 0.107. The molecule has 2 aromatic rings. The fourth-order valence-electron chi connectivity index (χ4n) is 1.49. The number of aromatic nitrogens is 3. The van der Waals surface area contributed by atoms with E-state index < -0.39 is 16.0 Å². The monoisotopic (exact) mass is 284 g/mol. The van der Waals surface area contributed by atoms with Gasteiger partial charge < -0.3 is 9.67 Å². The summed E-state index contributed by atoms with van der Waals surface area (Å²) in [6.07, 6.45) is 5.64. The van der Waals surface area contributed by atoms with Crippen molar-refractivity contribution in [2.75, 3.05) is 4.72 Å². The zero-order valence-electron chi connectivity index (χ0n) is 10.0. The zero-order chi connectivity index (χ0) is 14.0. The lowest BCUT2D eigenvalue weighted by molar-refractivity contribution is -0.137. The van der Waals surface area contributed by atoms with Crippen LogP contribution in [-0.4, -0.2) is 33.8 Å². The summed E-state index contributed by atoms with van der Waals surface area (Å²) in [5.74, 6) is -1.06. The number of carboxylic acid groups (broad SMARTS) is 1. The molecule has 2 heterocycles. The lowest BCUT2D eigenvalue weighted by Gasteiger charge is -2.02. The summed E-state index contributed by atoms with van der Waals surface area (Å²) in [6, 6.07) is 1.46. The predicted molar refractivity (Wildman–Crippen MR) is 66.1 cm³/mol. The lowest BCUT2D eigenvalue weighted by Crippen LogP contribution is -2.12. The van der Waals surface area contributed by atoms with Gasteiger partial charge in [0.2, 0.25) is 0 Å². The van der Waals surface area contributed by atoms with Gasteiger partial charge in [0, 0.05) is 25.6 Å². The van der Waals surface area contributed by atoms with Crippen LogP contribution in [0.1, 0.15) is 0 Å².